The van der Waals surface area contributed by atoms with Crippen LogP contribution in [0.2, 0.25) is 10.0 Å². The molecular weight excluding hydrogens is 499 g/mol. The Morgan fingerprint density at radius 2 is 1.61 bits per heavy atom. The summed E-state index contributed by atoms with van der Waals surface area (Å²) in [7, 11) is 0. The average molecular weight is 538 g/mol. The maximum atomic E-state index is 13.6. The zero-order valence-corrected chi connectivity index (χ0v) is 23.4. The molecular formula is C28H38Cl2N2O4. The first-order chi connectivity index (χ1) is 17.2. The second-order valence-electron chi connectivity index (χ2n) is 8.93. The van der Waals surface area contributed by atoms with Gasteiger partial charge in [-0.15, -0.1) is 0 Å². The van der Waals surface area contributed by atoms with Crippen LogP contribution in [0.1, 0.15) is 58.6 Å². The van der Waals surface area contributed by atoms with Crippen molar-refractivity contribution in [2.75, 3.05) is 19.8 Å². The number of carbonyl (C=O) groups is 2. The van der Waals surface area contributed by atoms with Gasteiger partial charge >= 0.3 is 0 Å². The van der Waals surface area contributed by atoms with Gasteiger partial charge < -0.3 is 19.7 Å². The van der Waals surface area contributed by atoms with E-state index < -0.39 is 6.04 Å². The first kappa shape index (κ1) is 29.8. The molecule has 0 saturated heterocycles. The fraction of sp³-hybridized carbons (Fsp3) is 0.500. The standard InChI is InChI=1S/C28H38Cl2N2O4/c1-6-24(28(34)31-17-19(4)5)32(18-21-22(29)10-9-11-23(21)30)27(33)15-13-20-12-14-25(35-7-2)26(16-20)36-8-3/h9-12,14,16,19,24H,6-8,13,15,17-18H2,1-5H3,(H,31,34)/t24-/m0/s1. The van der Waals surface area contributed by atoms with Crippen LogP contribution in [0.4, 0.5) is 0 Å². The lowest BCUT2D eigenvalue weighted by molar-refractivity contribution is -0.141. The molecule has 0 aliphatic carbocycles. The van der Waals surface area contributed by atoms with Crippen molar-refractivity contribution in [2.24, 2.45) is 5.92 Å². The first-order valence-corrected chi connectivity index (χ1v) is 13.4. The highest BCUT2D eigenvalue weighted by atomic mass is 35.5. The molecule has 2 aromatic carbocycles. The van der Waals surface area contributed by atoms with Gasteiger partial charge in [0.2, 0.25) is 11.8 Å². The van der Waals surface area contributed by atoms with Crippen LogP contribution in [0, 0.1) is 5.92 Å². The van der Waals surface area contributed by atoms with Crippen molar-refractivity contribution in [1.29, 1.82) is 0 Å². The number of carbonyl (C=O) groups excluding carboxylic acids is 2. The molecule has 0 saturated carbocycles. The highest BCUT2D eigenvalue weighted by Crippen LogP contribution is 2.30. The predicted molar refractivity (Wildman–Crippen MR) is 146 cm³/mol. The monoisotopic (exact) mass is 536 g/mol. The Labute approximate surface area is 225 Å². The molecule has 2 aromatic rings. The zero-order chi connectivity index (χ0) is 26.7. The van der Waals surface area contributed by atoms with Gasteiger partial charge in [0.1, 0.15) is 6.04 Å². The summed E-state index contributed by atoms with van der Waals surface area (Å²) in [6.07, 6.45) is 1.17. The van der Waals surface area contributed by atoms with Crippen LogP contribution in [-0.4, -0.2) is 42.5 Å². The van der Waals surface area contributed by atoms with E-state index in [4.69, 9.17) is 32.7 Å². The number of ether oxygens (including phenoxy) is 2. The number of nitrogens with one attached hydrogen (secondary N) is 1. The molecule has 6 nitrogen and oxygen atoms in total. The van der Waals surface area contributed by atoms with Crippen molar-refractivity contribution in [3.05, 3.63) is 57.6 Å². The van der Waals surface area contributed by atoms with Gasteiger partial charge in [0.25, 0.3) is 0 Å². The molecule has 0 unspecified atom stereocenters. The van der Waals surface area contributed by atoms with E-state index in [9.17, 15) is 9.59 Å². The molecule has 0 aromatic heterocycles. The molecule has 2 amide bonds. The average Bonchev–Trinajstić information content (AvgIpc) is 2.84. The van der Waals surface area contributed by atoms with Gasteiger partial charge in [-0.25, -0.2) is 0 Å². The van der Waals surface area contributed by atoms with Crippen molar-refractivity contribution in [3.63, 3.8) is 0 Å². The number of rotatable bonds is 14. The van der Waals surface area contributed by atoms with E-state index in [1.54, 1.807) is 23.1 Å². The minimum atomic E-state index is -0.636. The van der Waals surface area contributed by atoms with Crippen LogP contribution in [-0.2, 0) is 22.6 Å². The Morgan fingerprint density at radius 1 is 0.972 bits per heavy atom. The van der Waals surface area contributed by atoms with Crippen molar-refractivity contribution in [3.8, 4) is 11.5 Å². The number of amides is 2. The number of hydrogen-bond acceptors (Lipinski definition) is 4. The number of halogens is 2. The third-order valence-corrected chi connectivity index (χ3v) is 6.40. The highest BCUT2D eigenvalue weighted by molar-refractivity contribution is 6.36. The summed E-state index contributed by atoms with van der Waals surface area (Å²) < 4.78 is 11.4. The van der Waals surface area contributed by atoms with Crippen molar-refractivity contribution in [2.45, 2.75) is 66.5 Å². The Balaban J connectivity index is 2.28. The van der Waals surface area contributed by atoms with E-state index in [1.807, 2.05) is 52.8 Å². The van der Waals surface area contributed by atoms with Gasteiger partial charge in [0.05, 0.1) is 13.2 Å². The highest BCUT2D eigenvalue weighted by Gasteiger charge is 2.29. The van der Waals surface area contributed by atoms with Crippen LogP contribution in [0.25, 0.3) is 0 Å². The Hall–Kier alpha value is -2.44. The predicted octanol–water partition coefficient (Wildman–Crippen LogP) is 6.30. The fourth-order valence-corrected chi connectivity index (χ4v) is 4.36. The molecule has 0 bridgehead atoms. The van der Waals surface area contributed by atoms with E-state index >= 15 is 0 Å². The zero-order valence-electron chi connectivity index (χ0n) is 21.9. The minimum Gasteiger partial charge on any atom is -0.490 e. The topological polar surface area (TPSA) is 67.9 Å². The van der Waals surface area contributed by atoms with Gasteiger partial charge in [-0.3, -0.25) is 9.59 Å². The molecule has 198 valence electrons. The van der Waals surface area contributed by atoms with Crippen LogP contribution >= 0.6 is 23.2 Å². The molecule has 0 aliphatic heterocycles. The van der Waals surface area contributed by atoms with Gasteiger partial charge in [-0.05, 0) is 62.4 Å². The van der Waals surface area contributed by atoms with E-state index in [0.717, 1.165) is 5.56 Å². The van der Waals surface area contributed by atoms with E-state index in [1.165, 1.54) is 0 Å². The summed E-state index contributed by atoms with van der Waals surface area (Å²) >= 11 is 12.8. The number of hydrogen-bond donors (Lipinski definition) is 1. The number of benzene rings is 2. The van der Waals surface area contributed by atoms with Crippen molar-refractivity contribution < 1.29 is 19.1 Å². The molecule has 0 fully saturated rings. The molecule has 1 atom stereocenters. The quantitative estimate of drug-likeness (QED) is 0.307. The second-order valence-corrected chi connectivity index (χ2v) is 9.75. The normalized spacial score (nSPS) is 11.8. The van der Waals surface area contributed by atoms with Gasteiger partial charge in [0, 0.05) is 35.1 Å². The lowest BCUT2D eigenvalue weighted by atomic mass is 10.1. The molecule has 8 heteroatoms. The fourth-order valence-electron chi connectivity index (χ4n) is 3.84. The van der Waals surface area contributed by atoms with E-state index in [0.29, 0.717) is 65.6 Å². The molecule has 1 N–H and O–H groups in total. The molecule has 0 heterocycles. The Bertz CT molecular complexity index is 993. The Morgan fingerprint density at radius 3 is 2.19 bits per heavy atom. The summed E-state index contributed by atoms with van der Waals surface area (Å²) in [6, 6.07) is 10.3. The molecule has 0 radical (unpaired) electrons. The lowest BCUT2D eigenvalue weighted by Crippen LogP contribution is -2.49. The SMILES string of the molecule is CCOc1ccc(CCC(=O)N(Cc2c(Cl)cccc2Cl)[C@@H](CC)C(=O)NCC(C)C)cc1OCC. The van der Waals surface area contributed by atoms with Crippen LogP contribution in [0.3, 0.4) is 0 Å². The number of aryl methyl sites for hydroxylation is 1. The lowest BCUT2D eigenvalue weighted by Gasteiger charge is -2.31. The molecule has 2 rings (SSSR count). The number of nitrogens with zero attached hydrogens (tertiary/aromatic N) is 1. The summed E-state index contributed by atoms with van der Waals surface area (Å²) in [5.74, 6) is 1.31. The minimum absolute atomic E-state index is 0.149. The van der Waals surface area contributed by atoms with Crippen LogP contribution in [0.15, 0.2) is 36.4 Å². The van der Waals surface area contributed by atoms with Gasteiger partial charge in [0.15, 0.2) is 11.5 Å². The Kier molecular flexibility index (Phi) is 12.4. The van der Waals surface area contributed by atoms with E-state index in [2.05, 4.69) is 5.32 Å². The summed E-state index contributed by atoms with van der Waals surface area (Å²) in [5.41, 5.74) is 1.58. The van der Waals surface area contributed by atoms with Gasteiger partial charge in [-0.2, -0.15) is 0 Å². The largest absolute Gasteiger partial charge is 0.490 e. The second kappa shape index (κ2) is 15.0. The van der Waals surface area contributed by atoms with Crippen LogP contribution < -0.4 is 14.8 Å². The van der Waals surface area contributed by atoms with E-state index in [-0.39, 0.29) is 24.8 Å². The first-order valence-electron chi connectivity index (χ1n) is 12.6. The molecule has 0 aliphatic rings. The molecule has 36 heavy (non-hydrogen) atoms. The molecule has 0 spiro atoms. The van der Waals surface area contributed by atoms with Crippen LogP contribution in [0.5, 0.6) is 11.5 Å². The maximum absolute atomic E-state index is 13.6. The van der Waals surface area contributed by atoms with Gasteiger partial charge in [-0.1, -0.05) is 56.1 Å². The third-order valence-electron chi connectivity index (χ3n) is 5.70. The van der Waals surface area contributed by atoms with Crippen molar-refractivity contribution >= 4 is 35.0 Å². The summed E-state index contributed by atoms with van der Waals surface area (Å²) in [4.78, 5) is 28.2. The maximum Gasteiger partial charge on any atom is 0.242 e. The summed E-state index contributed by atoms with van der Waals surface area (Å²) in [6.45, 7) is 11.5. The van der Waals surface area contributed by atoms with Crippen molar-refractivity contribution in [1.82, 2.24) is 10.2 Å². The smallest absolute Gasteiger partial charge is 0.242 e. The summed E-state index contributed by atoms with van der Waals surface area (Å²) in [5, 5.41) is 3.89. The third kappa shape index (κ3) is 8.59.